The Balaban J connectivity index is 1.76. The molecule has 0 unspecified atom stereocenters. The zero-order chi connectivity index (χ0) is 21.0. The fraction of sp³-hybridized carbons (Fsp3) is 0.400. The van der Waals surface area contributed by atoms with Crippen molar-refractivity contribution in [3.63, 3.8) is 0 Å². The lowest BCUT2D eigenvalue weighted by molar-refractivity contribution is -0.124. The summed E-state index contributed by atoms with van der Waals surface area (Å²) in [5.41, 5.74) is 1.09. The van der Waals surface area contributed by atoms with Crippen molar-refractivity contribution < 1.29 is 22.7 Å². The van der Waals surface area contributed by atoms with Crippen LogP contribution in [0.25, 0.3) is 0 Å². The highest BCUT2D eigenvalue weighted by Crippen LogP contribution is 2.27. The van der Waals surface area contributed by atoms with Crippen LogP contribution in [0.2, 0.25) is 0 Å². The second-order valence-corrected chi connectivity index (χ2v) is 8.76. The van der Waals surface area contributed by atoms with Crippen LogP contribution >= 0.6 is 0 Å². The summed E-state index contributed by atoms with van der Waals surface area (Å²) >= 11 is 0. The van der Waals surface area contributed by atoms with Gasteiger partial charge in [-0.2, -0.15) is 4.31 Å². The van der Waals surface area contributed by atoms with Crippen LogP contribution in [0.1, 0.15) is 35.8 Å². The van der Waals surface area contributed by atoms with Gasteiger partial charge < -0.3 is 14.6 Å². The molecule has 1 amide bonds. The smallest absolute Gasteiger partial charge is 0.354 e. The summed E-state index contributed by atoms with van der Waals surface area (Å²) in [4.78, 5) is 24.7. The number of esters is 1. The number of hydrogen-bond acceptors (Lipinski definition) is 5. The maximum absolute atomic E-state index is 13.2. The molecule has 0 aliphatic carbocycles. The van der Waals surface area contributed by atoms with E-state index in [4.69, 9.17) is 4.74 Å². The van der Waals surface area contributed by atoms with Gasteiger partial charge in [-0.3, -0.25) is 4.79 Å². The molecule has 156 valence electrons. The van der Waals surface area contributed by atoms with Crippen molar-refractivity contribution in [1.82, 2.24) is 14.2 Å². The molecule has 0 spiro atoms. The van der Waals surface area contributed by atoms with Crippen molar-refractivity contribution in [2.24, 2.45) is 7.05 Å². The van der Waals surface area contributed by atoms with E-state index in [2.05, 4.69) is 5.32 Å². The number of carbonyl (C=O) groups is 2. The van der Waals surface area contributed by atoms with Gasteiger partial charge in [0.25, 0.3) is 0 Å². The van der Waals surface area contributed by atoms with Crippen molar-refractivity contribution >= 4 is 21.9 Å². The molecule has 9 heteroatoms. The number of benzene rings is 1. The minimum atomic E-state index is -3.92. The molecule has 1 aromatic carbocycles. The van der Waals surface area contributed by atoms with Gasteiger partial charge in [0.2, 0.25) is 15.9 Å². The fourth-order valence-corrected chi connectivity index (χ4v) is 5.14. The third-order valence-corrected chi connectivity index (χ3v) is 6.76. The monoisotopic (exact) mass is 419 g/mol. The third kappa shape index (κ3) is 4.51. The van der Waals surface area contributed by atoms with E-state index in [1.54, 1.807) is 14.0 Å². The summed E-state index contributed by atoms with van der Waals surface area (Å²) in [5.74, 6) is -0.911. The van der Waals surface area contributed by atoms with E-state index in [1.807, 2.05) is 30.3 Å². The van der Waals surface area contributed by atoms with Gasteiger partial charge in [0.1, 0.15) is 16.6 Å². The first-order valence-corrected chi connectivity index (χ1v) is 11.0. The number of aryl methyl sites for hydroxylation is 1. The average molecular weight is 420 g/mol. The maximum atomic E-state index is 13.2. The zero-order valence-electron chi connectivity index (χ0n) is 16.5. The molecule has 1 fully saturated rings. The van der Waals surface area contributed by atoms with Gasteiger partial charge in [-0.05, 0) is 31.4 Å². The van der Waals surface area contributed by atoms with Crippen LogP contribution < -0.4 is 5.32 Å². The fourth-order valence-electron chi connectivity index (χ4n) is 3.41. The maximum Gasteiger partial charge on any atom is 0.354 e. The molecule has 1 aliphatic heterocycles. The normalized spacial score (nSPS) is 17.2. The van der Waals surface area contributed by atoms with E-state index in [0.717, 1.165) is 5.56 Å². The van der Waals surface area contributed by atoms with Gasteiger partial charge in [0.05, 0.1) is 6.61 Å². The Morgan fingerprint density at radius 2 is 1.97 bits per heavy atom. The molecule has 1 N–H and O–H groups in total. The highest BCUT2D eigenvalue weighted by Gasteiger charge is 2.40. The van der Waals surface area contributed by atoms with Crippen molar-refractivity contribution in [3.8, 4) is 0 Å². The molecule has 1 aromatic heterocycles. The van der Waals surface area contributed by atoms with Gasteiger partial charge in [0.15, 0.2) is 0 Å². The second-order valence-electron chi connectivity index (χ2n) is 6.87. The number of hydrogen-bond donors (Lipinski definition) is 1. The highest BCUT2D eigenvalue weighted by molar-refractivity contribution is 7.89. The predicted octanol–water partition coefficient (Wildman–Crippen LogP) is 1.67. The van der Waals surface area contributed by atoms with E-state index in [1.165, 1.54) is 21.1 Å². The van der Waals surface area contributed by atoms with E-state index in [9.17, 15) is 18.0 Å². The van der Waals surface area contributed by atoms with Gasteiger partial charge in [-0.1, -0.05) is 30.3 Å². The Bertz CT molecular complexity index is 985. The number of aromatic nitrogens is 1. The number of sulfonamides is 1. The van der Waals surface area contributed by atoms with Gasteiger partial charge >= 0.3 is 5.97 Å². The van der Waals surface area contributed by atoms with E-state index in [-0.39, 0.29) is 29.6 Å². The first-order chi connectivity index (χ1) is 13.8. The standard InChI is InChI=1S/C20H25N3O5S/c1-3-28-20(25)18-12-16(14-22(18)2)29(26,27)23-11-7-10-17(23)19(24)21-13-15-8-5-4-6-9-15/h4-6,8-9,12,14,17H,3,7,10-11,13H2,1-2H3,(H,21,24)/t17-/m0/s1. The molecule has 2 aromatic rings. The Kier molecular flexibility index (Phi) is 6.39. The molecule has 1 saturated heterocycles. The summed E-state index contributed by atoms with van der Waals surface area (Å²) in [5, 5.41) is 2.82. The molecule has 29 heavy (non-hydrogen) atoms. The van der Waals surface area contributed by atoms with Crippen LogP contribution in [0.15, 0.2) is 47.5 Å². The Morgan fingerprint density at radius 3 is 2.66 bits per heavy atom. The van der Waals surface area contributed by atoms with Crippen LogP contribution in [0.5, 0.6) is 0 Å². The molecular weight excluding hydrogens is 394 g/mol. The highest BCUT2D eigenvalue weighted by atomic mass is 32.2. The molecule has 2 heterocycles. The molecule has 0 bridgehead atoms. The van der Waals surface area contributed by atoms with Gasteiger partial charge in [-0.15, -0.1) is 0 Å². The third-order valence-electron chi connectivity index (χ3n) is 4.89. The Hall–Kier alpha value is -2.65. The number of nitrogens with one attached hydrogen (secondary N) is 1. The summed E-state index contributed by atoms with van der Waals surface area (Å²) in [7, 11) is -2.34. The van der Waals surface area contributed by atoms with Crippen molar-refractivity contribution in [3.05, 3.63) is 53.9 Å². The molecule has 8 nitrogen and oxygen atoms in total. The summed E-state index contributed by atoms with van der Waals surface area (Å²) in [6, 6.07) is 9.96. The van der Waals surface area contributed by atoms with Gasteiger partial charge in [0, 0.05) is 26.3 Å². The SMILES string of the molecule is CCOC(=O)c1cc(S(=O)(=O)N2CCC[C@H]2C(=O)NCc2ccccc2)cn1C. The van der Waals surface area contributed by atoms with E-state index >= 15 is 0 Å². The van der Waals surface area contributed by atoms with Crippen molar-refractivity contribution in [2.75, 3.05) is 13.2 Å². The average Bonchev–Trinajstić information content (AvgIpc) is 3.35. The zero-order valence-corrected chi connectivity index (χ0v) is 17.3. The van der Waals surface area contributed by atoms with Crippen LogP contribution in [0, 0.1) is 0 Å². The molecule has 0 saturated carbocycles. The second kappa shape index (κ2) is 8.79. The topological polar surface area (TPSA) is 97.7 Å². The number of ether oxygens (including phenoxy) is 1. The number of rotatable bonds is 7. The first kappa shape index (κ1) is 21.1. The summed E-state index contributed by atoms with van der Waals surface area (Å²) in [6.07, 6.45) is 2.43. The predicted molar refractivity (Wildman–Crippen MR) is 107 cm³/mol. The number of amides is 1. The lowest BCUT2D eigenvalue weighted by Crippen LogP contribution is -2.45. The van der Waals surface area contributed by atoms with Gasteiger partial charge in [-0.25, -0.2) is 13.2 Å². The van der Waals surface area contributed by atoms with Crippen molar-refractivity contribution in [1.29, 1.82) is 0 Å². The summed E-state index contributed by atoms with van der Waals surface area (Å²) < 4.78 is 33.9. The quantitative estimate of drug-likeness (QED) is 0.689. The first-order valence-electron chi connectivity index (χ1n) is 9.51. The molecule has 3 rings (SSSR count). The van der Waals surface area contributed by atoms with Crippen molar-refractivity contribution in [2.45, 2.75) is 37.2 Å². The summed E-state index contributed by atoms with van der Waals surface area (Å²) in [6.45, 7) is 2.47. The van der Waals surface area contributed by atoms with Crippen LogP contribution in [0.3, 0.4) is 0 Å². The number of carbonyl (C=O) groups excluding carboxylic acids is 2. The minimum Gasteiger partial charge on any atom is -0.461 e. The van der Waals surface area contributed by atoms with E-state index < -0.39 is 22.0 Å². The molecule has 0 radical (unpaired) electrons. The lowest BCUT2D eigenvalue weighted by Gasteiger charge is -2.22. The minimum absolute atomic E-state index is 0.0224. The van der Waals surface area contributed by atoms with Crippen LogP contribution in [0.4, 0.5) is 0 Å². The van der Waals surface area contributed by atoms with Crippen LogP contribution in [-0.2, 0) is 33.1 Å². The lowest BCUT2D eigenvalue weighted by atomic mass is 10.2. The molecule has 1 aliphatic rings. The van der Waals surface area contributed by atoms with E-state index in [0.29, 0.717) is 19.4 Å². The number of nitrogens with zero attached hydrogens (tertiary/aromatic N) is 2. The molecule has 1 atom stereocenters. The largest absolute Gasteiger partial charge is 0.461 e. The van der Waals surface area contributed by atoms with Crippen LogP contribution in [-0.4, -0.2) is 48.4 Å². The Labute approximate surface area is 170 Å². The Morgan fingerprint density at radius 1 is 1.24 bits per heavy atom. The molecular formula is C20H25N3O5S.